The fourth-order valence-electron chi connectivity index (χ4n) is 5.75. The summed E-state index contributed by atoms with van der Waals surface area (Å²) in [6.07, 6.45) is 2.23. The van der Waals surface area contributed by atoms with Crippen LogP contribution in [-0.2, 0) is 22.3 Å². The van der Waals surface area contributed by atoms with Crippen LogP contribution in [0.5, 0.6) is 11.5 Å². The third-order valence-electron chi connectivity index (χ3n) is 8.02. The molecule has 3 atom stereocenters. The third-order valence-corrected chi connectivity index (χ3v) is 9.11. The fourth-order valence-corrected chi connectivity index (χ4v) is 6.42. The van der Waals surface area contributed by atoms with Crippen molar-refractivity contribution in [2.45, 2.75) is 42.3 Å². The highest BCUT2D eigenvalue weighted by Gasteiger charge is 2.45. The number of nitriles is 1. The number of aliphatic hydroxyl groups excluding tert-OH is 1. The fraction of sp³-hybridized carbons (Fsp3) is 0.281. The zero-order valence-corrected chi connectivity index (χ0v) is 25.8. The van der Waals surface area contributed by atoms with Crippen LogP contribution < -0.4 is 9.47 Å². The monoisotopic (exact) mass is 652 g/mol. The average molecular weight is 653 g/mol. The predicted molar refractivity (Wildman–Crippen MR) is 158 cm³/mol. The molecular formula is C32H27F3N4O6S. The van der Waals surface area contributed by atoms with Crippen molar-refractivity contribution in [1.82, 2.24) is 14.8 Å². The summed E-state index contributed by atoms with van der Waals surface area (Å²) in [7, 11) is -2.10. The van der Waals surface area contributed by atoms with Crippen molar-refractivity contribution in [2.24, 2.45) is 7.05 Å². The van der Waals surface area contributed by atoms with Crippen molar-refractivity contribution in [3.05, 3.63) is 95.1 Å². The summed E-state index contributed by atoms with van der Waals surface area (Å²) in [4.78, 5) is 4.33. The molecule has 2 aliphatic rings. The van der Waals surface area contributed by atoms with E-state index in [0.717, 1.165) is 12.3 Å². The summed E-state index contributed by atoms with van der Waals surface area (Å²) < 4.78 is 83.9. The van der Waals surface area contributed by atoms with Gasteiger partial charge in [0.25, 0.3) is 0 Å². The topological polar surface area (TPSA) is 140 Å². The highest BCUT2D eigenvalue weighted by atomic mass is 32.2. The van der Waals surface area contributed by atoms with Crippen LogP contribution >= 0.6 is 0 Å². The first kappa shape index (κ1) is 31.1. The second-order valence-electron chi connectivity index (χ2n) is 11.3. The van der Waals surface area contributed by atoms with Crippen molar-refractivity contribution in [1.29, 1.82) is 5.26 Å². The molecule has 238 valence electrons. The lowest BCUT2D eigenvalue weighted by molar-refractivity contribution is -0.286. The molecule has 0 bridgehead atoms. The first-order valence-electron chi connectivity index (χ1n) is 14.0. The maximum Gasteiger partial charge on any atom is 0.586 e. The first-order chi connectivity index (χ1) is 21.6. The Balaban J connectivity index is 1.58. The Morgan fingerprint density at radius 1 is 1.15 bits per heavy atom. The SMILES string of the molecule is Cc1nc(-c2ccc3c(c2)OC(F)(F)O3)c(C2=CC(c3cc(F)cc(S(C)(=O)=O)c3)C=CC2(CO)c2cc([C@H](C)C#N)nn2C)o1. The Morgan fingerprint density at radius 2 is 1.89 bits per heavy atom. The zero-order valence-electron chi connectivity index (χ0n) is 25.0. The number of oxazole rings is 1. The number of aromatic nitrogens is 3. The number of alkyl halides is 2. The maximum atomic E-state index is 14.7. The largest absolute Gasteiger partial charge is 0.586 e. The van der Waals surface area contributed by atoms with Crippen LogP contribution in [0.1, 0.15) is 47.4 Å². The molecular weight excluding hydrogens is 625 g/mol. The number of allylic oxidation sites excluding steroid dienone is 2. The summed E-state index contributed by atoms with van der Waals surface area (Å²) in [6.45, 7) is 2.76. The molecule has 1 aliphatic carbocycles. The van der Waals surface area contributed by atoms with Gasteiger partial charge >= 0.3 is 6.29 Å². The minimum Gasteiger partial charge on any atom is -0.441 e. The molecule has 2 unspecified atom stereocenters. The predicted octanol–water partition coefficient (Wildman–Crippen LogP) is 5.54. The summed E-state index contributed by atoms with van der Waals surface area (Å²) in [5.74, 6) is -2.04. The van der Waals surface area contributed by atoms with Crippen molar-refractivity contribution < 1.29 is 40.6 Å². The Hall–Kier alpha value is -4.87. The Kier molecular flexibility index (Phi) is 7.37. The van der Waals surface area contributed by atoms with Crippen molar-refractivity contribution >= 4 is 15.4 Å². The molecule has 0 spiro atoms. The van der Waals surface area contributed by atoms with Crippen molar-refractivity contribution in [3.63, 3.8) is 0 Å². The van der Waals surface area contributed by atoms with E-state index < -0.39 is 45.8 Å². The Labute approximate surface area is 261 Å². The molecule has 0 amide bonds. The minimum absolute atomic E-state index is 0.155. The summed E-state index contributed by atoms with van der Waals surface area (Å²) in [5.41, 5.74) is 0.799. The molecule has 0 saturated heterocycles. The van der Waals surface area contributed by atoms with Gasteiger partial charge in [0.2, 0.25) is 0 Å². The van der Waals surface area contributed by atoms with E-state index >= 15 is 0 Å². The van der Waals surface area contributed by atoms with Gasteiger partial charge in [0.1, 0.15) is 11.5 Å². The molecule has 0 saturated carbocycles. The number of sulfone groups is 1. The van der Waals surface area contributed by atoms with Crippen LogP contribution in [0.4, 0.5) is 13.2 Å². The van der Waals surface area contributed by atoms with Gasteiger partial charge in [-0.1, -0.05) is 18.2 Å². The molecule has 14 heteroatoms. The second kappa shape index (κ2) is 10.9. The molecule has 0 radical (unpaired) electrons. The van der Waals surface area contributed by atoms with E-state index in [1.54, 1.807) is 45.2 Å². The molecule has 3 heterocycles. The number of hydrogen-bond donors (Lipinski definition) is 1. The number of rotatable bonds is 7. The number of benzene rings is 2. The third kappa shape index (κ3) is 5.35. The van der Waals surface area contributed by atoms with Crippen LogP contribution in [0.25, 0.3) is 16.8 Å². The lowest BCUT2D eigenvalue weighted by atomic mass is 9.70. The number of halogens is 3. The van der Waals surface area contributed by atoms with E-state index in [2.05, 4.69) is 25.6 Å². The lowest BCUT2D eigenvalue weighted by Gasteiger charge is -2.35. The molecule has 4 aromatic rings. The number of nitrogens with zero attached hydrogens (tertiary/aromatic N) is 4. The molecule has 10 nitrogen and oxygen atoms in total. The van der Waals surface area contributed by atoms with Gasteiger partial charge in [-0.25, -0.2) is 17.8 Å². The van der Waals surface area contributed by atoms with Crippen molar-refractivity contribution in [3.8, 4) is 28.8 Å². The lowest BCUT2D eigenvalue weighted by Crippen LogP contribution is -2.34. The molecule has 0 fully saturated rings. The second-order valence-corrected chi connectivity index (χ2v) is 13.3. The van der Waals surface area contributed by atoms with Crippen molar-refractivity contribution in [2.75, 3.05) is 12.9 Å². The molecule has 2 aromatic carbocycles. The van der Waals surface area contributed by atoms with Crippen LogP contribution in [-0.4, -0.2) is 47.4 Å². The Morgan fingerprint density at radius 3 is 2.59 bits per heavy atom. The number of ether oxygens (including phenoxy) is 2. The average Bonchev–Trinajstić information content (AvgIpc) is 3.68. The molecule has 2 aromatic heterocycles. The van der Waals surface area contributed by atoms with Gasteiger partial charge in [-0.15, -0.1) is 8.78 Å². The van der Waals surface area contributed by atoms with E-state index in [1.807, 2.05) is 0 Å². The maximum absolute atomic E-state index is 14.7. The number of hydrogen-bond acceptors (Lipinski definition) is 9. The molecule has 1 N–H and O–H groups in total. The van der Waals surface area contributed by atoms with Gasteiger partial charge < -0.3 is 19.0 Å². The van der Waals surface area contributed by atoms with Gasteiger partial charge in [-0.05, 0) is 55.0 Å². The van der Waals surface area contributed by atoms with E-state index in [9.17, 15) is 32.0 Å². The summed E-state index contributed by atoms with van der Waals surface area (Å²) in [5, 5.41) is 25.2. The normalized spacial score (nSPS) is 20.8. The van der Waals surface area contributed by atoms with Gasteiger partial charge in [0.05, 0.1) is 40.3 Å². The van der Waals surface area contributed by atoms with Gasteiger partial charge in [0, 0.05) is 37.3 Å². The Bertz CT molecular complexity index is 2100. The molecule has 6 rings (SSSR count). The van der Waals surface area contributed by atoms with Crippen LogP contribution in [0, 0.1) is 24.1 Å². The molecule has 1 aliphatic heterocycles. The highest BCUT2D eigenvalue weighted by Crippen LogP contribution is 2.49. The van der Waals surface area contributed by atoms with E-state index in [4.69, 9.17) is 4.42 Å². The van der Waals surface area contributed by atoms with Gasteiger partial charge in [-0.3, -0.25) is 4.68 Å². The summed E-state index contributed by atoms with van der Waals surface area (Å²) in [6, 6.07) is 11.5. The standard InChI is InChI=1S/C32H27F3N4O6S/c1-17(15-36)25-14-28(39(3)38-25)31(16-40)8-7-19(21-9-22(33)13-23(10-21)46(4,41)42)11-24(31)30-29(37-18(2)43-30)20-5-6-26-27(12-20)45-32(34,35)44-26/h5-14,17,19,40H,16H2,1-4H3/t17-,19?,31?/m1/s1. The van der Waals surface area contributed by atoms with Gasteiger partial charge in [0.15, 0.2) is 33.0 Å². The molecule has 46 heavy (non-hydrogen) atoms. The van der Waals surface area contributed by atoms with Gasteiger partial charge in [-0.2, -0.15) is 10.4 Å². The minimum atomic E-state index is -3.84. The zero-order chi connectivity index (χ0) is 33.2. The number of fused-ring (bicyclic) bond motifs is 1. The van der Waals surface area contributed by atoms with E-state index in [0.29, 0.717) is 28.1 Å². The number of aryl methyl sites for hydroxylation is 2. The smallest absolute Gasteiger partial charge is 0.441 e. The van der Waals surface area contributed by atoms with E-state index in [1.165, 1.54) is 35.0 Å². The highest BCUT2D eigenvalue weighted by molar-refractivity contribution is 7.90. The quantitative estimate of drug-likeness (QED) is 0.255. The van der Waals surface area contributed by atoms with E-state index in [-0.39, 0.29) is 33.7 Å². The first-order valence-corrected chi connectivity index (χ1v) is 15.9. The van der Waals surface area contributed by atoms with Crippen LogP contribution in [0.3, 0.4) is 0 Å². The van der Waals surface area contributed by atoms with Crippen LogP contribution in [0.15, 0.2) is 70.0 Å². The van der Waals surface area contributed by atoms with Crippen LogP contribution in [0.2, 0.25) is 0 Å². The number of aliphatic hydroxyl groups is 1. The summed E-state index contributed by atoms with van der Waals surface area (Å²) >= 11 is 0.